The van der Waals surface area contributed by atoms with Gasteiger partial charge in [0, 0.05) is 18.8 Å². The Hall–Kier alpha value is -1.72. The van der Waals surface area contributed by atoms with Crippen LogP contribution in [0.15, 0.2) is 18.2 Å². The summed E-state index contributed by atoms with van der Waals surface area (Å²) >= 11 is 0. The molecule has 1 aliphatic rings. The predicted molar refractivity (Wildman–Crippen MR) is 68.8 cm³/mol. The highest BCUT2D eigenvalue weighted by Gasteiger charge is 2.39. The van der Waals surface area contributed by atoms with Crippen molar-refractivity contribution in [1.29, 1.82) is 0 Å². The molecule has 1 aromatic carbocycles. The SMILES string of the molecule is CC(CC1Cc2c(cccc2C(F)(F)F)N1C)C(=O)O. The molecule has 0 aliphatic carbocycles. The van der Waals surface area contributed by atoms with E-state index in [0.717, 1.165) is 6.07 Å². The highest BCUT2D eigenvalue weighted by molar-refractivity contribution is 5.70. The Balaban J connectivity index is 2.29. The molecule has 1 heterocycles. The van der Waals surface area contributed by atoms with E-state index in [1.807, 2.05) is 0 Å². The lowest BCUT2D eigenvalue weighted by Crippen LogP contribution is -2.31. The first kappa shape index (κ1) is 14.7. The van der Waals surface area contributed by atoms with Crippen LogP contribution in [0.5, 0.6) is 0 Å². The Bertz CT molecular complexity index is 528. The van der Waals surface area contributed by atoms with Gasteiger partial charge < -0.3 is 10.0 Å². The summed E-state index contributed by atoms with van der Waals surface area (Å²) < 4.78 is 38.9. The molecule has 3 nitrogen and oxygen atoms in total. The number of carbonyl (C=O) groups is 1. The summed E-state index contributed by atoms with van der Waals surface area (Å²) in [5, 5.41) is 8.93. The molecule has 1 aromatic rings. The first-order valence-electron chi connectivity index (χ1n) is 6.36. The van der Waals surface area contributed by atoms with Crippen LogP contribution in [0.25, 0.3) is 0 Å². The fraction of sp³-hybridized carbons (Fsp3) is 0.500. The highest BCUT2D eigenvalue weighted by atomic mass is 19.4. The standard InChI is InChI=1S/C14H16F3NO2/c1-8(13(19)20)6-9-7-10-11(14(15,16)17)4-3-5-12(10)18(9)2/h3-5,8-9H,6-7H2,1-2H3,(H,19,20). The smallest absolute Gasteiger partial charge is 0.416 e. The maximum absolute atomic E-state index is 13.0. The van der Waals surface area contributed by atoms with E-state index < -0.39 is 23.6 Å². The van der Waals surface area contributed by atoms with Crippen molar-refractivity contribution in [3.8, 4) is 0 Å². The number of hydrogen-bond acceptors (Lipinski definition) is 2. The average molecular weight is 287 g/mol. The van der Waals surface area contributed by atoms with Gasteiger partial charge in [0.15, 0.2) is 0 Å². The molecule has 0 fully saturated rings. The number of alkyl halides is 3. The van der Waals surface area contributed by atoms with Crippen molar-refractivity contribution in [3.63, 3.8) is 0 Å². The minimum Gasteiger partial charge on any atom is -0.481 e. The van der Waals surface area contributed by atoms with E-state index in [1.54, 1.807) is 24.9 Å². The highest BCUT2D eigenvalue weighted by Crippen LogP contribution is 2.41. The monoisotopic (exact) mass is 287 g/mol. The summed E-state index contributed by atoms with van der Waals surface area (Å²) in [6.45, 7) is 1.57. The number of carboxylic acid groups (broad SMARTS) is 1. The number of fused-ring (bicyclic) bond motifs is 1. The molecule has 0 radical (unpaired) electrons. The number of rotatable bonds is 3. The third-order valence-corrected chi connectivity index (χ3v) is 3.87. The Morgan fingerprint density at radius 3 is 2.70 bits per heavy atom. The molecule has 1 aliphatic heterocycles. The van der Waals surface area contributed by atoms with E-state index in [0.29, 0.717) is 12.1 Å². The fourth-order valence-electron chi connectivity index (χ4n) is 2.70. The Labute approximate surface area is 115 Å². The van der Waals surface area contributed by atoms with Crippen molar-refractivity contribution >= 4 is 11.7 Å². The van der Waals surface area contributed by atoms with Gasteiger partial charge in [0.25, 0.3) is 0 Å². The second-order valence-corrected chi connectivity index (χ2v) is 5.24. The van der Waals surface area contributed by atoms with Crippen LogP contribution in [-0.2, 0) is 17.4 Å². The van der Waals surface area contributed by atoms with E-state index >= 15 is 0 Å². The molecule has 1 N–H and O–H groups in total. The van der Waals surface area contributed by atoms with Gasteiger partial charge >= 0.3 is 12.1 Å². The van der Waals surface area contributed by atoms with Gasteiger partial charge in [-0.3, -0.25) is 4.79 Å². The average Bonchev–Trinajstić information content (AvgIpc) is 2.65. The third kappa shape index (κ3) is 2.59. The van der Waals surface area contributed by atoms with Crippen molar-refractivity contribution < 1.29 is 23.1 Å². The normalized spacial score (nSPS) is 19.9. The van der Waals surface area contributed by atoms with Crippen LogP contribution < -0.4 is 4.90 Å². The number of benzene rings is 1. The summed E-state index contributed by atoms with van der Waals surface area (Å²) in [6, 6.07) is 3.91. The molecule has 2 atom stereocenters. The molecule has 110 valence electrons. The van der Waals surface area contributed by atoms with E-state index in [-0.39, 0.29) is 18.0 Å². The molecule has 0 aromatic heterocycles. The molecule has 0 saturated carbocycles. The van der Waals surface area contributed by atoms with Crippen LogP contribution >= 0.6 is 0 Å². The van der Waals surface area contributed by atoms with Crippen LogP contribution in [0.1, 0.15) is 24.5 Å². The van der Waals surface area contributed by atoms with Crippen LogP contribution in [0, 0.1) is 5.92 Å². The first-order valence-corrected chi connectivity index (χ1v) is 6.36. The minimum absolute atomic E-state index is 0.209. The third-order valence-electron chi connectivity index (χ3n) is 3.87. The van der Waals surface area contributed by atoms with E-state index in [9.17, 15) is 18.0 Å². The summed E-state index contributed by atoms with van der Waals surface area (Å²) in [5.41, 5.74) is 0.194. The molecular formula is C14H16F3NO2. The molecule has 2 unspecified atom stereocenters. The zero-order chi connectivity index (χ0) is 15.1. The van der Waals surface area contributed by atoms with E-state index in [4.69, 9.17) is 5.11 Å². The number of halogens is 3. The Morgan fingerprint density at radius 1 is 1.50 bits per heavy atom. The maximum atomic E-state index is 13.0. The van der Waals surface area contributed by atoms with Gasteiger partial charge in [-0.2, -0.15) is 13.2 Å². The van der Waals surface area contributed by atoms with Gasteiger partial charge in [-0.15, -0.1) is 0 Å². The molecule has 0 saturated heterocycles. The van der Waals surface area contributed by atoms with E-state index in [1.165, 1.54) is 6.07 Å². The van der Waals surface area contributed by atoms with Crippen molar-refractivity contribution in [3.05, 3.63) is 29.3 Å². The summed E-state index contributed by atoms with van der Waals surface area (Å²) in [4.78, 5) is 12.6. The van der Waals surface area contributed by atoms with Crippen LogP contribution in [-0.4, -0.2) is 24.2 Å². The minimum atomic E-state index is -4.38. The predicted octanol–water partition coefficient (Wildman–Crippen LogP) is 3.18. The number of carboxylic acids is 1. The second kappa shape index (κ2) is 5.00. The molecule has 20 heavy (non-hydrogen) atoms. The molecule has 0 amide bonds. The van der Waals surface area contributed by atoms with Crippen LogP contribution in [0.3, 0.4) is 0 Å². The quantitative estimate of drug-likeness (QED) is 0.928. The van der Waals surface area contributed by atoms with Gasteiger partial charge in [0.1, 0.15) is 0 Å². The van der Waals surface area contributed by atoms with Gasteiger partial charge in [-0.05, 0) is 30.5 Å². The number of hydrogen-bond donors (Lipinski definition) is 1. The molecule has 6 heteroatoms. The summed E-state index contributed by atoms with van der Waals surface area (Å²) in [6.07, 6.45) is -3.81. The lowest BCUT2D eigenvalue weighted by molar-refractivity contribution is -0.141. The lowest BCUT2D eigenvalue weighted by atomic mass is 9.97. The van der Waals surface area contributed by atoms with Gasteiger partial charge in [-0.1, -0.05) is 13.0 Å². The van der Waals surface area contributed by atoms with Crippen LogP contribution in [0.2, 0.25) is 0 Å². The van der Waals surface area contributed by atoms with Gasteiger partial charge in [0.05, 0.1) is 11.5 Å². The summed E-state index contributed by atoms with van der Waals surface area (Å²) in [5.74, 6) is -1.50. The number of aliphatic carboxylic acids is 1. The number of likely N-dealkylation sites (N-methyl/N-ethyl adjacent to an activating group) is 1. The molecular weight excluding hydrogens is 271 g/mol. The molecule has 0 spiro atoms. The Kier molecular flexibility index (Phi) is 3.67. The number of anilines is 1. The van der Waals surface area contributed by atoms with E-state index in [2.05, 4.69) is 0 Å². The molecule has 0 bridgehead atoms. The molecule has 2 rings (SSSR count). The van der Waals surface area contributed by atoms with Crippen LogP contribution in [0.4, 0.5) is 18.9 Å². The fourth-order valence-corrected chi connectivity index (χ4v) is 2.70. The van der Waals surface area contributed by atoms with Crippen molar-refractivity contribution in [2.24, 2.45) is 5.92 Å². The van der Waals surface area contributed by atoms with Gasteiger partial charge in [-0.25, -0.2) is 0 Å². The number of nitrogens with zero attached hydrogens (tertiary/aromatic N) is 1. The summed E-state index contributed by atoms with van der Waals surface area (Å²) in [7, 11) is 1.71. The topological polar surface area (TPSA) is 40.5 Å². The Morgan fingerprint density at radius 2 is 2.15 bits per heavy atom. The zero-order valence-corrected chi connectivity index (χ0v) is 11.2. The maximum Gasteiger partial charge on any atom is 0.416 e. The van der Waals surface area contributed by atoms with Crippen molar-refractivity contribution in [2.45, 2.75) is 32.0 Å². The second-order valence-electron chi connectivity index (χ2n) is 5.24. The zero-order valence-electron chi connectivity index (χ0n) is 11.2. The van der Waals surface area contributed by atoms with Crippen molar-refractivity contribution in [2.75, 3.05) is 11.9 Å². The first-order chi connectivity index (χ1) is 9.21. The van der Waals surface area contributed by atoms with Gasteiger partial charge in [0.2, 0.25) is 0 Å². The largest absolute Gasteiger partial charge is 0.481 e. The van der Waals surface area contributed by atoms with Crippen molar-refractivity contribution in [1.82, 2.24) is 0 Å². The lowest BCUT2D eigenvalue weighted by Gasteiger charge is -2.24.